The molecule has 7 heteroatoms. The first-order chi connectivity index (χ1) is 13.9. The topological polar surface area (TPSA) is 80.6 Å². The third-order valence-electron chi connectivity index (χ3n) is 5.12. The van der Waals surface area contributed by atoms with Gasteiger partial charge in [-0.25, -0.2) is 4.79 Å². The van der Waals surface area contributed by atoms with Crippen molar-refractivity contribution in [2.45, 2.75) is 46.6 Å². The van der Waals surface area contributed by atoms with Gasteiger partial charge in [-0.3, -0.25) is 14.5 Å². The summed E-state index contributed by atoms with van der Waals surface area (Å²) >= 11 is 0. The first-order valence-corrected chi connectivity index (χ1v) is 9.94. The Hall–Kier alpha value is -3.09. The molecule has 2 aromatic rings. The van der Waals surface area contributed by atoms with E-state index in [9.17, 15) is 14.4 Å². The van der Waals surface area contributed by atoms with Gasteiger partial charge >= 0.3 is 6.03 Å². The van der Waals surface area contributed by atoms with Crippen LogP contribution in [0, 0.1) is 13.8 Å². The molecule has 3 amide bonds. The standard InChI is InChI=1S/C22H27N3O4/c1-5-7-19-21(27)24(22(28)23-19)13-20(26)18-12-14(3)25(15(18)4)16-8-10-17(11-9-16)29-6-2/h8-12,19H,5-7,13H2,1-4H3,(H,23,28)/t19-/m1/s1. The van der Waals surface area contributed by atoms with E-state index in [0.717, 1.165) is 34.1 Å². The van der Waals surface area contributed by atoms with Gasteiger partial charge in [0.25, 0.3) is 5.91 Å². The second-order valence-electron chi connectivity index (χ2n) is 7.19. The Kier molecular flexibility index (Phi) is 6.06. The number of nitrogens with zero attached hydrogens (tertiary/aromatic N) is 2. The van der Waals surface area contributed by atoms with Gasteiger partial charge in [-0.05, 0) is 57.5 Å². The number of ether oxygens (including phenoxy) is 1. The number of benzene rings is 1. The Morgan fingerprint density at radius 3 is 2.45 bits per heavy atom. The maximum absolute atomic E-state index is 12.9. The first kappa shape index (κ1) is 20.6. The highest BCUT2D eigenvalue weighted by atomic mass is 16.5. The predicted molar refractivity (Wildman–Crippen MR) is 110 cm³/mol. The molecule has 1 fully saturated rings. The number of Topliss-reactive ketones (excluding diaryl/α,β-unsaturated/α-hetero) is 1. The Bertz CT molecular complexity index is 930. The van der Waals surface area contributed by atoms with Crippen molar-refractivity contribution in [1.82, 2.24) is 14.8 Å². The minimum Gasteiger partial charge on any atom is -0.494 e. The van der Waals surface area contributed by atoms with Crippen molar-refractivity contribution in [3.8, 4) is 11.4 Å². The predicted octanol–water partition coefficient (Wildman–Crippen LogP) is 3.40. The number of amides is 3. The van der Waals surface area contributed by atoms with Crippen LogP contribution in [0.3, 0.4) is 0 Å². The van der Waals surface area contributed by atoms with Crippen LogP contribution in [0.15, 0.2) is 30.3 Å². The summed E-state index contributed by atoms with van der Waals surface area (Å²) in [6.07, 6.45) is 1.35. The highest BCUT2D eigenvalue weighted by Gasteiger charge is 2.38. The zero-order chi connectivity index (χ0) is 21.1. The molecule has 1 atom stereocenters. The van der Waals surface area contributed by atoms with Gasteiger partial charge in [0, 0.05) is 22.6 Å². The largest absolute Gasteiger partial charge is 0.494 e. The van der Waals surface area contributed by atoms with Crippen LogP contribution in [0.4, 0.5) is 4.79 Å². The summed E-state index contributed by atoms with van der Waals surface area (Å²) in [5.41, 5.74) is 3.10. The van der Waals surface area contributed by atoms with Crippen LogP contribution in [0.25, 0.3) is 5.69 Å². The van der Waals surface area contributed by atoms with E-state index in [4.69, 9.17) is 4.74 Å². The van der Waals surface area contributed by atoms with Gasteiger partial charge in [0.05, 0.1) is 13.2 Å². The Labute approximate surface area is 170 Å². The highest BCUT2D eigenvalue weighted by Crippen LogP contribution is 2.24. The number of carbonyl (C=O) groups is 3. The van der Waals surface area contributed by atoms with Crippen LogP contribution in [0.1, 0.15) is 48.4 Å². The van der Waals surface area contributed by atoms with E-state index >= 15 is 0 Å². The number of nitrogens with one attached hydrogen (secondary N) is 1. The molecular formula is C22H27N3O4. The summed E-state index contributed by atoms with van der Waals surface area (Å²) in [6, 6.07) is 8.42. The molecule has 1 aromatic heterocycles. The molecule has 0 saturated carbocycles. The number of urea groups is 1. The second kappa shape index (κ2) is 8.51. The van der Waals surface area contributed by atoms with Crippen molar-refractivity contribution in [3.05, 3.63) is 47.3 Å². The van der Waals surface area contributed by atoms with E-state index in [-0.39, 0.29) is 18.2 Å². The van der Waals surface area contributed by atoms with Crippen molar-refractivity contribution in [3.63, 3.8) is 0 Å². The van der Waals surface area contributed by atoms with E-state index < -0.39 is 12.1 Å². The summed E-state index contributed by atoms with van der Waals surface area (Å²) in [6.45, 7) is 8.01. The van der Waals surface area contributed by atoms with Crippen molar-refractivity contribution < 1.29 is 19.1 Å². The number of hydrogen-bond acceptors (Lipinski definition) is 4. The van der Waals surface area contributed by atoms with E-state index in [0.29, 0.717) is 18.6 Å². The summed E-state index contributed by atoms with van der Waals surface area (Å²) in [7, 11) is 0. The fourth-order valence-corrected chi connectivity index (χ4v) is 3.74. The smallest absolute Gasteiger partial charge is 0.325 e. The monoisotopic (exact) mass is 397 g/mol. The molecule has 3 rings (SSSR count). The van der Waals surface area contributed by atoms with Crippen LogP contribution in [0.2, 0.25) is 0 Å². The van der Waals surface area contributed by atoms with E-state index in [1.54, 1.807) is 6.07 Å². The molecule has 0 radical (unpaired) electrons. The molecule has 1 aromatic carbocycles. The number of imide groups is 1. The maximum atomic E-state index is 12.9. The Morgan fingerprint density at radius 1 is 1.14 bits per heavy atom. The highest BCUT2D eigenvalue weighted by molar-refractivity contribution is 6.09. The number of hydrogen-bond donors (Lipinski definition) is 1. The van der Waals surface area contributed by atoms with Crippen molar-refractivity contribution in [2.24, 2.45) is 0 Å². The van der Waals surface area contributed by atoms with Gasteiger partial charge < -0.3 is 14.6 Å². The SMILES string of the molecule is CCC[C@H]1NC(=O)N(CC(=O)c2cc(C)n(-c3ccc(OCC)cc3)c2C)C1=O. The zero-order valence-electron chi connectivity index (χ0n) is 17.3. The fourth-order valence-electron chi connectivity index (χ4n) is 3.74. The molecule has 0 spiro atoms. The third-order valence-corrected chi connectivity index (χ3v) is 5.12. The fraction of sp³-hybridized carbons (Fsp3) is 0.409. The normalized spacial score (nSPS) is 16.3. The molecular weight excluding hydrogens is 370 g/mol. The minimum atomic E-state index is -0.531. The van der Waals surface area contributed by atoms with Gasteiger partial charge in [0.1, 0.15) is 11.8 Å². The summed E-state index contributed by atoms with van der Waals surface area (Å²) in [5, 5.41) is 2.65. The molecule has 2 heterocycles. The molecule has 0 unspecified atom stereocenters. The molecule has 154 valence electrons. The first-order valence-electron chi connectivity index (χ1n) is 9.94. The molecule has 1 aliphatic heterocycles. The average molecular weight is 397 g/mol. The quantitative estimate of drug-likeness (QED) is 0.547. The maximum Gasteiger partial charge on any atom is 0.325 e. The zero-order valence-corrected chi connectivity index (χ0v) is 17.3. The van der Waals surface area contributed by atoms with Crippen molar-refractivity contribution >= 4 is 17.7 Å². The number of rotatable bonds is 8. The number of aromatic nitrogens is 1. The number of carbonyl (C=O) groups excluding carboxylic acids is 3. The molecule has 7 nitrogen and oxygen atoms in total. The molecule has 1 saturated heterocycles. The molecule has 0 bridgehead atoms. The van der Waals surface area contributed by atoms with Crippen LogP contribution in [-0.2, 0) is 4.79 Å². The van der Waals surface area contributed by atoms with E-state index in [1.165, 1.54) is 0 Å². The van der Waals surface area contributed by atoms with Gasteiger partial charge in [-0.2, -0.15) is 0 Å². The van der Waals surface area contributed by atoms with Crippen LogP contribution in [0.5, 0.6) is 5.75 Å². The lowest BCUT2D eigenvalue weighted by Gasteiger charge is -2.13. The Balaban J connectivity index is 1.81. The lowest BCUT2D eigenvalue weighted by molar-refractivity contribution is -0.127. The molecule has 1 N–H and O–H groups in total. The van der Waals surface area contributed by atoms with Crippen molar-refractivity contribution in [1.29, 1.82) is 0 Å². The van der Waals surface area contributed by atoms with Gasteiger partial charge in [0.2, 0.25) is 0 Å². The van der Waals surface area contributed by atoms with Crippen LogP contribution in [-0.4, -0.2) is 46.4 Å². The van der Waals surface area contributed by atoms with E-state index in [2.05, 4.69) is 5.32 Å². The van der Waals surface area contributed by atoms with Crippen molar-refractivity contribution in [2.75, 3.05) is 13.2 Å². The molecule has 29 heavy (non-hydrogen) atoms. The average Bonchev–Trinajstić information content (AvgIpc) is 3.13. The molecule has 0 aliphatic carbocycles. The Morgan fingerprint density at radius 2 is 1.83 bits per heavy atom. The van der Waals surface area contributed by atoms with E-state index in [1.807, 2.05) is 56.5 Å². The van der Waals surface area contributed by atoms with Gasteiger partial charge in [0.15, 0.2) is 5.78 Å². The lowest BCUT2D eigenvalue weighted by Crippen LogP contribution is -2.36. The van der Waals surface area contributed by atoms with Gasteiger partial charge in [-0.15, -0.1) is 0 Å². The minimum absolute atomic E-state index is 0.252. The van der Waals surface area contributed by atoms with Crippen LogP contribution >= 0.6 is 0 Å². The number of ketones is 1. The second-order valence-corrected chi connectivity index (χ2v) is 7.19. The summed E-state index contributed by atoms with van der Waals surface area (Å²) in [5.74, 6) is 0.205. The lowest BCUT2D eigenvalue weighted by atomic mass is 10.1. The van der Waals surface area contributed by atoms with Gasteiger partial charge in [-0.1, -0.05) is 13.3 Å². The summed E-state index contributed by atoms with van der Waals surface area (Å²) in [4.78, 5) is 38.5. The third kappa shape index (κ3) is 4.04. The van der Waals surface area contributed by atoms with Crippen LogP contribution < -0.4 is 10.1 Å². The summed E-state index contributed by atoms with van der Waals surface area (Å²) < 4.78 is 7.46. The number of aryl methyl sites for hydroxylation is 1. The molecule has 1 aliphatic rings.